The van der Waals surface area contributed by atoms with Crippen molar-refractivity contribution in [3.8, 4) is 17.2 Å². The number of phenols is 1. The Balaban J connectivity index is 1.51. The Kier molecular flexibility index (Phi) is 4.80. The number of para-hydroxylation sites is 2. The zero-order chi connectivity index (χ0) is 18.6. The Morgan fingerprint density at radius 1 is 1.04 bits per heavy atom. The molecule has 0 aliphatic rings. The molecule has 0 fully saturated rings. The van der Waals surface area contributed by atoms with Crippen LogP contribution >= 0.6 is 11.8 Å². The lowest BCUT2D eigenvalue weighted by atomic mass is 10.1. The predicted octanol–water partition coefficient (Wildman–Crippen LogP) is 4.93. The van der Waals surface area contributed by atoms with Gasteiger partial charge < -0.3 is 14.8 Å². The number of oxazole rings is 1. The summed E-state index contributed by atoms with van der Waals surface area (Å²) in [7, 11) is 0. The van der Waals surface area contributed by atoms with Crippen molar-refractivity contribution in [3.63, 3.8) is 0 Å². The van der Waals surface area contributed by atoms with Gasteiger partial charge in [-0.2, -0.15) is 0 Å². The molecule has 3 aromatic carbocycles. The van der Waals surface area contributed by atoms with E-state index in [-0.39, 0.29) is 11.7 Å². The van der Waals surface area contributed by atoms with E-state index in [1.165, 1.54) is 17.8 Å². The first kappa shape index (κ1) is 17.2. The smallest absolute Gasteiger partial charge is 0.234 e. The number of anilines is 1. The number of fused-ring (bicyclic) bond motifs is 1. The minimum Gasteiger partial charge on any atom is -0.507 e. The van der Waals surface area contributed by atoms with Gasteiger partial charge in [0.25, 0.3) is 0 Å². The Morgan fingerprint density at radius 2 is 1.81 bits per heavy atom. The number of aromatic nitrogens is 1. The van der Waals surface area contributed by atoms with Crippen molar-refractivity contribution in [2.75, 3.05) is 11.1 Å². The molecule has 0 aliphatic carbocycles. The molecule has 1 aromatic heterocycles. The second kappa shape index (κ2) is 7.55. The number of thioether (sulfide) groups is 1. The van der Waals surface area contributed by atoms with E-state index in [1.807, 2.05) is 54.6 Å². The maximum absolute atomic E-state index is 12.2. The quantitative estimate of drug-likeness (QED) is 0.381. The molecule has 0 unspecified atom stereocenters. The molecule has 0 spiro atoms. The number of hydrogen-bond acceptors (Lipinski definition) is 5. The van der Waals surface area contributed by atoms with Crippen molar-refractivity contribution in [2.45, 2.75) is 4.90 Å². The fourth-order valence-electron chi connectivity index (χ4n) is 2.64. The fraction of sp³-hybridized carbons (Fsp3) is 0.0476. The van der Waals surface area contributed by atoms with Gasteiger partial charge >= 0.3 is 0 Å². The minimum absolute atomic E-state index is 0.0400. The molecule has 0 saturated heterocycles. The number of aromatic hydroxyl groups is 1. The van der Waals surface area contributed by atoms with Gasteiger partial charge in [0, 0.05) is 10.6 Å². The summed E-state index contributed by atoms with van der Waals surface area (Å²) in [6.07, 6.45) is 0. The molecule has 1 heterocycles. The highest BCUT2D eigenvalue weighted by Crippen LogP contribution is 2.33. The number of carbonyl (C=O) groups excluding carboxylic acids is 1. The summed E-state index contributed by atoms with van der Waals surface area (Å²) in [5, 5.41) is 13.0. The third kappa shape index (κ3) is 3.96. The largest absolute Gasteiger partial charge is 0.507 e. The molecule has 27 heavy (non-hydrogen) atoms. The van der Waals surface area contributed by atoms with Crippen LogP contribution in [0.3, 0.4) is 0 Å². The van der Waals surface area contributed by atoms with Crippen molar-refractivity contribution in [2.24, 2.45) is 0 Å². The van der Waals surface area contributed by atoms with E-state index in [4.69, 9.17) is 4.42 Å². The first-order chi connectivity index (χ1) is 13.2. The lowest BCUT2D eigenvalue weighted by Gasteiger charge is -2.07. The van der Waals surface area contributed by atoms with Crippen LogP contribution in [0.5, 0.6) is 5.75 Å². The number of amides is 1. The molecule has 0 radical (unpaired) electrons. The van der Waals surface area contributed by atoms with Crippen LogP contribution in [0, 0.1) is 0 Å². The summed E-state index contributed by atoms with van der Waals surface area (Å²) in [5.74, 6) is 0.517. The van der Waals surface area contributed by atoms with Crippen molar-refractivity contribution in [1.82, 2.24) is 4.98 Å². The molecule has 6 heteroatoms. The number of phenolic OH excluding ortho intramolecular Hbond substituents is 1. The standard InChI is InChI=1S/C21H16N2O3S/c24-18-11-10-14(22-20(25)13-27-15-6-2-1-3-7-15)12-16(18)21-23-17-8-4-5-9-19(17)26-21/h1-12,24H,13H2,(H,22,25). The zero-order valence-corrected chi connectivity index (χ0v) is 15.1. The Hall–Kier alpha value is -3.25. The van der Waals surface area contributed by atoms with Crippen LogP contribution in [0.15, 0.2) is 82.1 Å². The summed E-state index contributed by atoms with van der Waals surface area (Å²) >= 11 is 1.46. The van der Waals surface area contributed by atoms with Gasteiger partial charge in [-0.1, -0.05) is 30.3 Å². The van der Waals surface area contributed by atoms with E-state index in [2.05, 4.69) is 10.3 Å². The number of hydrogen-bond donors (Lipinski definition) is 2. The maximum atomic E-state index is 12.2. The van der Waals surface area contributed by atoms with Crippen LogP contribution in [0.1, 0.15) is 0 Å². The third-order valence-corrected chi connectivity index (χ3v) is 4.93. The number of nitrogens with zero attached hydrogens (tertiary/aromatic N) is 1. The molecule has 0 atom stereocenters. The van der Waals surface area contributed by atoms with E-state index < -0.39 is 0 Å². The molecule has 0 saturated carbocycles. The minimum atomic E-state index is -0.127. The zero-order valence-electron chi connectivity index (χ0n) is 14.3. The first-order valence-corrected chi connectivity index (χ1v) is 9.34. The Morgan fingerprint density at radius 3 is 2.63 bits per heavy atom. The van der Waals surface area contributed by atoms with Gasteiger partial charge in [0.1, 0.15) is 11.3 Å². The third-order valence-electron chi connectivity index (χ3n) is 3.92. The van der Waals surface area contributed by atoms with E-state index >= 15 is 0 Å². The van der Waals surface area contributed by atoms with Crippen LogP contribution in [-0.4, -0.2) is 21.8 Å². The molecule has 0 bridgehead atoms. The number of rotatable bonds is 5. The Labute approximate surface area is 160 Å². The van der Waals surface area contributed by atoms with E-state index in [0.29, 0.717) is 34.0 Å². The molecule has 4 aromatic rings. The van der Waals surface area contributed by atoms with E-state index in [0.717, 1.165) is 4.90 Å². The summed E-state index contributed by atoms with van der Waals surface area (Å²) in [4.78, 5) is 17.7. The summed E-state index contributed by atoms with van der Waals surface area (Å²) in [6.45, 7) is 0. The van der Waals surface area contributed by atoms with Crippen molar-refractivity contribution < 1.29 is 14.3 Å². The van der Waals surface area contributed by atoms with Gasteiger partial charge in [0.05, 0.1) is 11.3 Å². The van der Waals surface area contributed by atoms with Crippen molar-refractivity contribution in [3.05, 3.63) is 72.8 Å². The normalized spacial score (nSPS) is 10.8. The fourth-order valence-corrected chi connectivity index (χ4v) is 3.35. The predicted molar refractivity (Wildman–Crippen MR) is 107 cm³/mol. The number of nitrogens with one attached hydrogen (secondary N) is 1. The highest BCUT2D eigenvalue weighted by Gasteiger charge is 2.14. The maximum Gasteiger partial charge on any atom is 0.234 e. The number of benzene rings is 3. The molecule has 5 nitrogen and oxygen atoms in total. The van der Waals surface area contributed by atoms with E-state index in [9.17, 15) is 9.90 Å². The molecule has 1 amide bonds. The first-order valence-electron chi connectivity index (χ1n) is 8.36. The topological polar surface area (TPSA) is 75.4 Å². The van der Waals surface area contributed by atoms with Gasteiger partial charge in [-0.05, 0) is 42.5 Å². The molecular weight excluding hydrogens is 360 g/mol. The SMILES string of the molecule is O=C(CSc1ccccc1)Nc1ccc(O)c(-c2nc3ccccc3o2)c1. The highest BCUT2D eigenvalue weighted by atomic mass is 32.2. The lowest BCUT2D eigenvalue weighted by Crippen LogP contribution is -2.13. The molecule has 4 rings (SSSR count). The van der Waals surface area contributed by atoms with Crippen molar-refractivity contribution in [1.29, 1.82) is 0 Å². The molecule has 0 aliphatic heterocycles. The summed E-state index contributed by atoms with van der Waals surface area (Å²) < 4.78 is 5.71. The second-order valence-corrected chi connectivity index (χ2v) is 6.92. The second-order valence-electron chi connectivity index (χ2n) is 5.87. The molecule has 134 valence electrons. The highest BCUT2D eigenvalue weighted by molar-refractivity contribution is 8.00. The van der Waals surface area contributed by atoms with Crippen LogP contribution < -0.4 is 5.32 Å². The van der Waals surface area contributed by atoms with Crippen molar-refractivity contribution >= 4 is 34.5 Å². The average molecular weight is 376 g/mol. The lowest BCUT2D eigenvalue weighted by molar-refractivity contribution is -0.113. The summed E-state index contributed by atoms with van der Waals surface area (Å²) in [5.41, 5.74) is 2.35. The summed E-state index contributed by atoms with van der Waals surface area (Å²) in [6, 6.07) is 21.9. The number of carbonyl (C=O) groups is 1. The van der Waals surface area contributed by atoms with Gasteiger partial charge in [0.15, 0.2) is 5.58 Å². The van der Waals surface area contributed by atoms with Crippen LogP contribution in [-0.2, 0) is 4.79 Å². The monoisotopic (exact) mass is 376 g/mol. The van der Waals surface area contributed by atoms with Crippen LogP contribution in [0.25, 0.3) is 22.6 Å². The Bertz CT molecular complexity index is 1060. The molecule has 2 N–H and O–H groups in total. The van der Waals surface area contributed by atoms with Gasteiger partial charge in [-0.15, -0.1) is 11.8 Å². The van der Waals surface area contributed by atoms with E-state index in [1.54, 1.807) is 12.1 Å². The van der Waals surface area contributed by atoms with Crippen LogP contribution in [0.4, 0.5) is 5.69 Å². The average Bonchev–Trinajstić information content (AvgIpc) is 3.13. The van der Waals surface area contributed by atoms with Gasteiger partial charge in [-0.3, -0.25) is 4.79 Å². The molecular formula is C21H16N2O3S. The van der Waals surface area contributed by atoms with Crippen LogP contribution in [0.2, 0.25) is 0 Å². The van der Waals surface area contributed by atoms with Gasteiger partial charge in [-0.25, -0.2) is 4.98 Å². The van der Waals surface area contributed by atoms with Gasteiger partial charge in [0.2, 0.25) is 11.8 Å².